The van der Waals surface area contributed by atoms with Gasteiger partial charge >= 0.3 is 5.97 Å². The van der Waals surface area contributed by atoms with Crippen LogP contribution < -0.4 is 5.32 Å². The molecule has 1 saturated carbocycles. The molecule has 1 aromatic rings. The van der Waals surface area contributed by atoms with Crippen LogP contribution >= 0.6 is 0 Å². The van der Waals surface area contributed by atoms with Crippen LogP contribution in [0.3, 0.4) is 0 Å². The number of aromatic nitrogens is 1. The Hall–Kier alpha value is -1.42. The molecule has 1 aliphatic carbocycles. The first-order valence-corrected chi connectivity index (χ1v) is 5.94. The number of rotatable bonds is 5. The van der Waals surface area contributed by atoms with Gasteiger partial charge in [-0.15, -0.1) is 0 Å². The minimum Gasteiger partial charge on any atom is -0.465 e. The average molecular weight is 234 g/mol. The Bertz CT molecular complexity index is 389. The van der Waals surface area contributed by atoms with Crippen LogP contribution in [0.4, 0.5) is 0 Å². The fourth-order valence-corrected chi connectivity index (χ4v) is 1.84. The Kier molecular flexibility index (Phi) is 3.74. The van der Waals surface area contributed by atoms with Gasteiger partial charge in [0.15, 0.2) is 0 Å². The van der Waals surface area contributed by atoms with Crippen molar-refractivity contribution in [1.29, 1.82) is 0 Å². The molecule has 4 heteroatoms. The van der Waals surface area contributed by atoms with Crippen molar-refractivity contribution >= 4 is 5.97 Å². The average Bonchev–Trinajstić information content (AvgIpc) is 3.05. The van der Waals surface area contributed by atoms with Gasteiger partial charge in [0, 0.05) is 12.7 Å². The quantitative estimate of drug-likeness (QED) is 0.786. The van der Waals surface area contributed by atoms with E-state index < -0.39 is 0 Å². The highest BCUT2D eigenvalue weighted by atomic mass is 16.5. The lowest BCUT2D eigenvalue weighted by molar-refractivity contribution is 0.0600. The zero-order valence-electron chi connectivity index (χ0n) is 10.3. The third-order valence-electron chi connectivity index (χ3n) is 3.23. The first-order valence-electron chi connectivity index (χ1n) is 5.94. The molecule has 1 fully saturated rings. The highest BCUT2D eigenvalue weighted by molar-refractivity contribution is 5.88. The van der Waals surface area contributed by atoms with Crippen molar-refractivity contribution in [1.82, 2.24) is 10.3 Å². The maximum absolute atomic E-state index is 11.2. The molecule has 0 aliphatic heterocycles. The molecule has 0 aromatic carbocycles. The van der Waals surface area contributed by atoms with Crippen molar-refractivity contribution in [2.75, 3.05) is 13.7 Å². The van der Waals surface area contributed by atoms with Crippen LogP contribution in [0.5, 0.6) is 0 Å². The first-order chi connectivity index (χ1) is 8.20. The Balaban J connectivity index is 1.79. The van der Waals surface area contributed by atoms with Gasteiger partial charge in [0.25, 0.3) is 0 Å². The molecule has 0 bridgehead atoms. The maximum atomic E-state index is 11.2. The highest BCUT2D eigenvalue weighted by Crippen LogP contribution is 2.36. The Morgan fingerprint density at radius 3 is 2.88 bits per heavy atom. The smallest absolute Gasteiger partial charge is 0.339 e. The molecule has 0 spiro atoms. The van der Waals surface area contributed by atoms with E-state index in [1.165, 1.54) is 13.5 Å². The zero-order chi connectivity index (χ0) is 12.3. The molecule has 0 amide bonds. The normalized spacial score (nSPS) is 22.2. The van der Waals surface area contributed by atoms with E-state index in [0.29, 0.717) is 5.56 Å². The molecule has 1 aromatic heterocycles. The van der Waals surface area contributed by atoms with E-state index in [9.17, 15) is 4.79 Å². The van der Waals surface area contributed by atoms with Crippen LogP contribution in [-0.2, 0) is 11.3 Å². The molecule has 0 radical (unpaired) electrons. The number of methoxy groups -OCH3 is 1. The van der Waals surface area contributed by atoms with Gasteiger partial charge in [0.1, 0.15) is 0 Å². The predicted molar refractivity (Wildman–Crippen MR) is 64.6 cm³/mol. The number of carbonyl (C=O) groups excluding carboxylic acids is 1. The molecule has 92 valence electrons. The van der Waals surface area contributed by atoms with Crippen molar-refractivity contribution in [2.24, 2.45) is 11.8 Å². The Morgan fingerprint density at radius 1 is 1.59 bits per heavy atom. The van der Waals surface area contributed by atoms with Crippen LogP contribution in [0.15, 0.2) is 18.3 Å². The largest absolute Gasteiger partial charge is 0.465 e. The van der Waals surface area contributed by atoms with Gasteiger partial charge in [-0.2, -0.15) is 0 Å². The van der Waals surface area contributed by atoms with Crippen LogP contribution in [0, 0.1) is 11.8 Å². The second-order valence-electron chi connectivity index (χ2n) is 4.63. The van der Waals surface area contributed by atoms with Crippen molar-refractivity contribution in [3.8, 4) is 0 Å². The van der Waals surface area contributed by atoms with Gasteiger partial charge in [-0.25, -0.2) is 4.79 Å². The summed E-state index contributed by atoms with van der Waals surface area (Å²) in [6.45, 7) is 4.09. The summed E-state index contributed by atoms with van der Waals surface area (Å²) < 4.78 is 4.61. The van der Waals surface area contributed by atoms with Crippen LogP contribution in [-0.4, -0.2) is 24.6 Å². The molecular formula is C13H18N2O2. The monoisotopic (exact) mass is 234 g/mol. The number of nitrogens with one attached hydrogen (secondary N) is 1. The second kappa shape index (κ2) is 5.27. The molecular weight excluding hydrogens is 216 g/mol. The van der Waals surface area contributed by atoms with E-state index in [1.807, 2.05) is 6.07 Å². The molecule has 2 rings (SSSR count). The number of esters is 1. The molecule has 2 atom stereocenters. The van der Waals surface area contributed by atoms with Crippen molar-refractivity contribution in [2.45, 2.75) is 19.9 Å². The van der Waals surface area contributed by atoms with Gasteiger partial charge in [-0.1, -0.05) is 6.92 Å². The molecule has 1 aliphatic rings. The fraction of sp³-hybridized carbons (Fsp3) is 0.538. The summed E-state index contributed by atoms with van der Waals surface area (Å²) in [6, 6.07) is 3.60. The fourth-order valence-electron chi connectivity index (χ4n) is 1.84. The Morgan fingerprint density at radius 2 is 2.35 bits per heavy atom. The molecule has 0 saturated heterocycles. The third-order valence-corrected chi connectivity index (χ3v) is 3.23. The van der Waals surface area contributed by atoms with E-state index in [4.69, 9.17) is 0 Å². The third kappa shape index (κ3) is 3.27. The van der Waals surface area contributed by atoms with Crippen LogP contribution in [0.2, 0.25) is 0 Å². The summed E-state index contributed by atoms with van der Waals surface area (Å²) in [4.78, 5) is 15.4. The SMILES string of the molecule is COC(=O)c1ccc(CNCC2CC2C)nc1. The first kappa shape index (κ1) is 12.0. The van der Waals surface area contributed by atoms with Gasteiger partial charge in [0.2, 0.25) is 0 Å². The van der Waals surface area contributed by atoms with Gasteiger partial charge < -0.3 is 10.1 Å². The second-order valence-corrected chi connectivity index (χ2v) is 4.63. The van der Waals surface area contributed by atoms with Gasteiger partial charge in [-0.05, 0) is 36.9 Å². The summed E-state index contributed by atoms with van der Waals surface area (Å²) in [5, 5.41) is 3.38. The molecule has 1 heterocycles. The number of ether oxygens (including phenoxy) is 1. The topological polar surface area (TPSA) is 51.2 Å². The summed E-state index contributed by atoms with van der Waals surface area (Å²) in [6.07, 6.45) is 2.89. The van der Waals surface area contributed by atoms with Gasteiger partial charge in [0.05, 0.1) is 18.4 Å². The van der Waals surface area contributed by atoms with E-state index in [1.54, 1.807) is 12.3 Å². The van der Waals surface area contributed by atoms with E-state index in [-0.39, 0.29) is 5.97 Å². The molecule has 17 heavy (non-hydrogen) atoms. The van der Waals surface area contributed by atoms with E-state index in [0.717, 1.165) is 30.6 Å². The molecule has 1 N–H and O–H groups in total. The lowest BCUT2D eigenvalue weighted by atomic mass is 10.2. The number of pyridine rings is 1. The van der Waals surface area contributed by atoms with E-state index >= 15 is 0 Å². The summed E-state index contributed by atoms with van der Waals surface area (Å²) in [5.74, 6) is 1.37. The lowest BCUT2D eigenvalue weighted by Gasteiger charge is -2.04. The number of hydrogen-bond acceptors (Lipinski definition) is 4. The molecule has 4 nitrogen and oxygen atoms in total. The van der Waals surface area contributed by atoms with Crippen LogP contribution in [0.25, 0.3) is 0 Å². The zero-order valence-corrected chi connectivity index (χ0v) is 10.3. The summed E-state index contributed by atoms with van der Waals surface area (Å²) >= 11 is 0. The minimum atomic E-state index is -0.344. The predicted octanol–water partition coefficient (Wildman–Crippen LogP) is 1.61. The van der Waals surface area contributed by atoms with Gasteiger partial charge in [-0.3, -0.25) is 4.98 Å². The number of nitrogens with zero attached hydrogens (tertiary/aromatic N) is 1. The Labute approximate surface area is 101 Å². The number of hydrogen-bond donors (Lipinski definition) is 1. The van der Waals surface area contributed by atoms with Crippen LogP contribution in [0.1, 0.15) is 29.4 Å². The lowest BCUT2D eigenvalue weighted by Crippen LogP contribution is -2.17. The maximum Gasteiger partial charge on any atom is 0.339 e. The van der Waals surface area contributed by atoms with Crippen molar-refractivity contribution < 1.29 is 9.53 Å². The minimum absolute atomic E-state index is 0.344. The molecule has 2 unspecified atom stereocenters. The highest BCUT2D eigenvalue weighted by Gasteiger charge is 2.31. The number of carbonyl (C=O) groups is 1. The summed E-state index contributed by atoms with van der Waals surface area (Å²) in [5.41, 5.74) is 1.44. The van der Waals surface area contributed by atoms with Crippen molar-refractivity contribution in [3.05, 3.63) is 29.6 Å². The standard InChI is InChI=1S/C13H18N2O2/c1-9-5-11(9)6-14-8-12-4-3-10(7-15-12)13(16)17-2/h3-4,7,9,11,14H,5-6,8H2,1-2H3. The van der Waals surface area contributed by atoms with E-state index in [2.05, 4.69) is 22.0 Å². The van der Waals surface area contributed by atoms with Crippen molar-refractivity contribution in [3.63, 3.8) is 0 Å². The summed E-state index contributed by atoms with van der Waals surface area (Å²) in [7, 11) is 1.37.